The highest BCUT2D eigenvalue weighted by Gasteiger charge is 2.38. The first-order valence-corrected chi connectivity index (χ1v) is 9.56. The van der Waals surface area contributed by atoms with Gasteiger partial charge in [0.05, 0.1) is 6.61 Å². The SMILES string of the molecule is CCOc1c(C)cc(-c2ccc3c(c2)CCC(C)(C)[C@H]3OC(N)=O)cc1C. The van der Waals surface area contributed by atoms with Crippen LogP contribution < -0.4 is 10.5 Å². The van der Waals surface area contributed by atoms with Crippen molar-refractivity contribution < 1.29 is 14.3 Å². The Morgan fingerprint density at radius 1 is 1.15 bits per heavy atom. The fourth-order valence-corrected chi connectivity index (χ4v) is 4.09. The van der Waals surface area contributed by atoms with Crippen LogP contribution in [0.4, 0.5) is 4.79 Å². The monoisotopic (exact) mass is 367 g/mol. The van der Waals surface area contributed by atoms with Crippen LogP contribution in [-0.4, -0.2) is 12.7 Å². The van der Waals surface area contributed by atoms with Crippen molar-refractivity contribution >= 4 is 6.09 Å². The molecule has 2 N–H and O–H groups in total. The molecule has 0 saturated heterocycles. The molecule has 0 aromatic heterocycles. The highest BCUT2D eigenvalue weighted by Crippen LogP contribution is 2.46. The summed E-state index contributed by atoms with van der Waals surface area (Å²) in [5.74, 6) is 0.968. The lowest BCUT2D eigenvalue weighted by Gasteiger charge is -2.39. The Morgan fingerprint density at radius 2 is 1.81 bits per heavy atom. The molecular weight excluding hydrogens is 338 g/mol. The third-order valence-corrected chi connectivity index (χ3v) is 5.49. The summed E-state index contributed by atoms with van der Waals surface area (Å²) < 4.78 is 11.2. The summed E-state index contributed by atoms with van der Waals surface area (Å²) in [5.41, 5.74) is 12.1. The van der Waals surface area contributed by atoms with Crippen molar-refractivity contribution in [3.63, 3.8) is 0 Å². The zero-order valence-electron chi connectivity index (χ0n) is 16.9. The topological polar surface area (TPSA) is 61.6 Å². The highest BCUT2D eigenvalue weighted by atomic mass is 16.6. The Balaban J connectivity index is 2.01. The minimum atomic E-state index is -0.720. The first-order chi connectivity index (χ1) is 12.7. The minimum absolute atomic E-state index is 0.129. The number of fused-ring (bicyclic) bond motifs is 1. The molecule has 1 aliphatic rings. The van der Waals surface area contributed by atoms with E-state index < -0.39 is 6.09 Å². The zero-order valence-corrected chi connectivity index (χ0v) is 16.9. The van der Waals surface area contributed by atoms with E-state index in [1.807, 2.05) is 6.92 Å². The van der Waals surface area contributed by atoms with Crippen molar-refractivity contribution in [2.45, 2.75) is 53.6 Å². The molecule has 0 saturated carbocycles. The minimum Gasteiger partial charge on any atom is -0.493 e. The number of carbonyl (C=O) groups is 1. The zero-order chi connectivity index (χ0) is 19.8. The lowest BCUT2D eigenvalue weighted by Crippen LogP contribution is -2.33. The van der Waals surface area contributed by atoms with Crippen molar-refractivity contribution in [2.24, 2.45) is 11.1 Å². The molecule has 27 heavy (non-hydrogen) atoms. The predicted molar refractivity (Wildman–Crippen MR) is 108 cm³/mol. The van der Waals surface area contributed by atoms with Gasteiger partial charge < -0.3 is 15.2 Å². The van der Waals surface area contributed by atoms with Crippen LogP contribution in [-0.2, 0) is 11.2 Å². The van der Waals surface area contributed by atoms with Crippen LogP contribution in [0.5, 0.6) is 5.75 Å². The lowest BCUT2D eigenvalue weighted by molar-refractivity contribution is 0.0147. The molecule has 0 spiro atoms. The van der Waals surface area contributed by atoms with E-state index in [0.29, 0.717) is 6.61 Å². The van der Waals surface area contributed by atoms with E-state index in [4.69, 9.17) is 15.2 Å². The summed E-state index contributed by atoms with van der Waals surface area (Å²) in [6.45, 7) is 11.1. The van der Waals surface area contributed by atoms with Gasteiger partial charge in [-0.2, -0.15) is 0 Å². The van der Waals surface area contributed by atoms with E-state index in [0.717, 1.165) is 35.3 Å². The second-order valence-corrected chi connectivity index (χ2v) is 8.09. The molecule has 0 fully saturated rings. The molecular formula is C23H29NO3. The summed E-state index contributed by atoms with van der Waals surface area (Å²) in [5, 5.41) is 0. The van der Waals surface area contributed by atoms with Gasteiger partial charge >= 0.3 is 6.09 Å². The summed E-state index contributed by atoms with van der Waals surface area (Å²) in [6.07, 6.45) is 0.881. The summed E-state index contributed by atoms with van der Waals surface area (Å²) in [6, 6.07) is 10.7. The van der Waals surface area contributed by atoms with Gasteiger partial charge in [0.1, 0.15) is 11.9 Å². The van der Waals surface area contributed by atoms with Crippen molar-refractivity contribution in [1.29, 1.82) is 0 Å². The van der Waals surface area contributed by atoms with E-state index >= 15 is 0 Å². The predicted octanol–water partition coefficient (Wildman–Crippen LogP) is 5.48. The maximum Gasteiger partial charge on any atom is 0.405 e. The molecule has 2 aromatic carbocycles. The van der Waals surface area contributed by atoms with Crippen molar-refractivity contribution in [3.8, 4) is 16.9 Å². The number of benzene rings is 2. The molecule has 1 aliphatic carbocycles. The molecule has 0 bridgehead atoms. The van der Waals surface area contributed by atoms with Crippen LogP contribution in [0.3, 0.4) is 0 Å². The first-order valence-electron chi connectivity index (χ1n) is 9.56. The second-order valence-electron chi connectivity index (χ2n) is 8.09. The number of hydrogen-bond donors (Lipinski definition) is 1. The Bertz CT molecular complexity index is 847. The van der Waals surface area contributed by atoms with Gasteiger partial charge in [-0.1, -0.05) is 32.0 Å². The maximum absolute atomic E-state index is 11.4. The van der Waals surface area contributed by atoms with Gasteiger partial charge in [-0.15, -0.1) is 0 Å². The van der Waals surface area contributed by atoms with Crippen LogP contribution in [0.2, 0.25) is 0 Å². The molecule has 4 nitrogen and oxygen atoms in total. The Hall–Kier alpha value is -2.49. The normalized spacial score (nSPS) is 17.9. The standard InChI is InChI=1S/C23H29NO3/c1-6-26-20-14(2)11-18(12-15(20)3)16-7-8-19-17(13-16)9-10-23(4,5)21(19)27-22(24)25/h7-8,11-13,21H,6,9-10H2,1-5H3,(H2,24,25)/t21-/m0/s1. The quantitative estimate of drug-likeness (QED) is 0.778. The van der Waals surface area contributed by atoms with Gasteiger partial charge in [-0.3, -0.25) is 0 Å². The fourth-order valence-electron chi connectivity index (χ4n) is 4.09. The molecule has 144 valence electrons. The molecule has 2 aromatic rings. The van der Waals surface area contributed by atoms with Gasteiger partial charge in [0.2, 0.25) is 0 Å². The van der Waals surface area contributed by atoms with Crippen molar-refractivity contribution in [3.05, 3.63) is 52.6 Å². The van der Waals surface area contributed by atoms with Crippen LogP contribution >= 0.6 is 0 Å². The van der Waals surface area contributed by atoms with Crippen LogP contribution in [0.15, 0.2) is 30.3 Å². The summed E-state index contributed by atoms with van der Waals surface area (Å²) in [7, 11) is 0. The van der Waals surface area contributed by atoms with Crippen LogP contribution in [0.1, 0.15) is 55.5 Å². The largest absolute Gasteiger partial charge is 0.493 e. The molecule has 3 rings (SSSR count). The molecule has 0 heterocycles. The Labute approximate surface area is 161 Å². The Morgan fingerprint density at radius 3 is 2.41 bits per heavy atom. The average molecular weight is 367 g/mol. The third-order valence-electron chi connectivity index (χ3n) is 5.49. The van der Waals surface area contributed by atoms with E-state index in [-0.39, 0.29) is 11.5 Å². The number of hydrogen-bond acceptors (Lipinski definition) is 3. The van der Waals surface area contributed by atoms with E-state index in [1.54, 1.807) is 0 Å². The number of ether oxygens (including phenoxy) is 2. The average Bonchev–Trinajstić information content (AvgIpc) is 2.60. The van der Waals surface area contributed by atoms with E-state index in [2.05, 4.69) is 58.0 Å². The van der Waals surface area contributed by atoms with Gasteiger partial charge in [-0.05, 0) is 79.1 Å². The number of rotatable bonds is 4. The van der Waals surface area contributed by atoms with Crippen LogP contribution in [0.25, 0.3) is 11.1 Å². The third kappa shape index (κ3) is 3.80. The highest BCUT2D eigenvalue weighted by molar-refractivity contribution is 5.69. The van der Waals surface area contributed by atoms with Crippen molar-refractivity contribution in [1.82, 2.24) is 0 Å². The number of nitrogens with two attached hydrogens (primary N) is 1. The second kappa shape index (κ2) is 7.26. The molecule has 0 radical (unpaired) electrons. The fraction of sp³-hybridized carbons (Fsp3) is 0.435. The Kier molecular flexibility index (Phi) is 5.18. The van der Waals surface area contributed by atoms with Gasteiger partial charge in [0.15, 0.2) is 0 Å². The van der Waals surface area contributed by atoms with Gasteiger partial charge in [-0.25, -0.2) is 4.79 Å². The van der Waals surface area contributed by atoms with Gasteiger partial charge in [0, 0.05) is 5.41 Å². The molecule has 0 aliphatic heterocycles. The molecule has 1 atom stereocenters. The number of amides is 1. The molecule has 1 amide bonds. The lowest BCUT2D eigenvalue weighted by atomic mass is 9.71. The first kappa shape index (κ1) is 19.3. The summed E-state index contributed by atoms with van der Waals surface area (Å²) >= 11 is 0. The molecule has 0 unspecified atom stereocenters. The maximum atomic E-state index is 11.4. The number of primary amides is 1. The smallest absolute Gasteiger partial charge is 0.405 e. The van der Waals surface area contributed by atoms with E-state index in [1.165, 1.54) is 16.7 Å². The summed E-state index contributed by atoms with van der Waals surface area (Å²) in [4.78, 5) is 11.4. The number of carbonyl (C=O) groups excluding carboxylic acids is 1. The van der Waals surface area contributed by atoms with Crippen LogP contribution in [0, 0.1) is 19.3 Å². The van der Waals surface area contributed by atoms with E-state index in [9.17, 15) is 4.79 Å². The number of aryl methyl sites for hydroxylation is 3. The molecule has 4 heteroatoms. The van der Waals surface area contributed by atoms with Crippen molar-refractivity contribution in [2.75, 3.05) is 6.61 Å². The van der Waals surface area contributed by atoms with Gasteiger partial charge in [0.25, 0.3) is 0 Å².